The number of likely N-dealkylation sites (tertiary alicyclic amines) is 1. The van der Waals surface area contributed by atoms with Crippen LogP contribution in [0.25, 0.3) is 0 Å². The van der Waals surface area contributed by atoms with Gasteiger partial charge in [-0.3, -0.25) is 4.79 Å². The Hall–Kier alpha value is -1.31. The maximum absolute atomic E-state index is 12.4. The van der Waals surface area contributed by atoms with Gasteiger partial charge in [0, 0.05) is 18.5 Å². The van der Waals surface area contributed by atoms with Crippen molar-refractivity contribution in [2.45, 2.75) is 71.3 Å². The van der Waals surface area contributed by atoms with Crippen LogP contribution in [0.2, 0.25) is 0 Å². The van der Waals surface area contributed by atoms with Crippen LogP contribution in [0.5, 0.6) is 0 Å². The van der Waals surface area contributed by atoms with E-state index in [9.17, 15) is 4.79 Å². The van der Waals surface area contributed by atoms with Crippen LogP contribution in [-0.4, -0.2) is 22.9 Å². The lowest BCUT2D eigenvalue weighted by Gasteiger charge is -2.41. The Labute approximate surface area is 129 Å². The fourth-order valence-electron chi connectivity index (χ4n) is 3.08. The van der Waals surface area contributed by atoms with E-state index >= 15 is 0 Å². The molecule has 1 heterocycles. The molecule has 0 bridgehead atoms. The zero-order valence-electron chi connectivity index (χ0n) is 14.4. The minimum atomic E-state index is -0.0574. The molecule has 0 saturated carbocycles. The minimum Gasteiger partial charge on any atom is -0.338 e. The second-order valence-electron chi connectivity index (χ2n) is 8.28. The van der Waals surface area contributed by atoms with Crippen LogP contribution in [0, 0.1) is 0 Å². The molecule has 1 atom stereocenters. The topological polar surface area (TPSA) is 20.3 Å². The molecule has 2 heteroatoms. The predicted molar refractivity (Wildman–Crippen MR) is 88.6 cm³/mol. The van der Waals surface area contributed by atoms with Crippen molar-refractivity contribution in [3.05, 3.63) is 35.4 Å². The van der Waals surface area contributed by atoms with E-state index in [-0.39, 0.29) is 11.0 Å². The molecule has 1 aromatic rings. The number of benzene rings is 1. The van der Waals surface area contributed by atoms with Crippen LogP contribution in [0.3, 0.4) is 0 Å². The van der Waals surface area contributed by atoms with Crippen LogP contribution in [0.4, 0.5) is 0 Å². The first-order valence-electron chi connectivity index (χ1n) is 8.00. The van der Waals surface area contributed by atoms with Gasteiger partial charge in [0.2, 0.25) is 5.91 Å². The SMILES string of the molecule is CC(C)(C)c1ccc(C2CCN(C(C)(C)C)C(=O)C2)cc1. The van der Waals surface area contributed by atoms with Crippen molar-refractivity contribution in [2.24, 2.45) is 0 Å². The van der Waals surface area contributed by atoms with Crippen molar-refractivity contribution in [2.75, 3.05) is 6.54 Å². The summed E-state index contributed by atoms with van der Waals surface area (Å²) in [5.41, 5.74) is 2.79. The minimum absolute atomic E-state index is 0.0574. The maximum atomic E-state index is 12.4. The maximum Gasteiger partial charge on any atom is 0.223 e. The highest BCUT2D eigenvalue weighted by molar-refractivity contribution is 5.78. The summed E-state index contributed by atoms with van der Waals surface area (Å²) in [6, 6.07) is 8.86. The summed E-state index contributed by atoms with van der Waals surface area (Å²) >= 11 is 0. The van der Waals surface area contributed by atoms with Gasteiger partial charge in [-0.05, 0) is 49.7 Å². The summed E-state index contributed by atoms with van der Waals surface area (Å²) in [7, 11) is 0. The molecule has 0 aromatic heterocycles. The van der Waals surface area contributed by atoms with E-state index < -0.39 is 0 Å². The van der Waals surface area contributed by atoms with Crippen molar-refractivity contribution in [3.8, 4) is 0 Å². The molecule has 0 aliphatic carbocycles. The van der Waals surface area contributed by atoms with Crippen molar-refractivity contribution in [1.82, 2.24) is 4.90 Å². The van der Waals surface area contributed by atoms with Crippen LogP contribution in [0.15, 0.2) is 24.3 Å². The van der Waals surface area contributed by atoms with Gasteiger partial charge in [-0.1, -0.05) is 45.0 Å². The van der Waals surface area contributed by atoms with Crippen molar-refractivity contribution < 1.29 is 4.79 Å². The normalized spacial score (nSPS) is 20.8. The first kappa shape index (κ1) is 16.1. The molecule has 0 radical (unpaired) electrons. The number of carbonyl (C=O) groups excluding carboxylic acids is 1. The highest BCUT2D eigenvalue weighted by Crippen LogP contribution is 2.33. The van der Waals surface area contributed by atoms with Gasteiger partial charge in [0.05, 0.1) is 0 Å². The molecule has 0 N–H and O–H groups in total. The van der Waals surface area contributed by atoms with Crippen LogP contribution in [-0.2, 0) is 10.2 Å². The van der Waals surface area contributed by atoms with Gasteiger partial charge >= 0.3 is 0 Å². The van der Waals surface area contributed by atoms with E-state index in [0.29, 0.717) is 18.2 Å². The van der Waals surface area contributed by atoms with Gasteiger partial charge in [-0.2, -0.15) is 0 Å². The van der Waals surface area contributed by atoms with Gasteiger partial charge in [-0.15, -0.1) is 0 Å². The van der Waals surface area contributed by atoms with Gasteiger partial charge < -0.3 is 4.90 Å². The number of hydrogen-bond donors (Lipinski definition) is 0. The molecule has 1 aliphatic rings. The second-order valence-corrected chi connectivity index (χ2v) is 8.28. The summed E-state index contributed by atoms with van der Waals surface area (Å²) in [5.74, 6) is 0.670. The number of hydrogen-bond acceptors (Lipinski definition) is 1. The van der Waals surface area contributed by atoms with E-state index in [1.807, 2.05) is 4.90 Å². The molecule has 2 rings (SSSR count). The number of carbonyl (C=O) groups is 1. The summed E-state index contributed by atoms with van der Waals surface area (Å²) in [4.78, 5) is 14.4. The smallest absolute Gasteiger partial charge is 0.223 e. The first-order valence-corrected chi connectivity index (χ1v) is 8.00. The van der Waals surface area contributed by atoms with Crippen LogP contribution >= 0.6 is 0 Å². The largest absolute Gasteiger partial charge is 0.338 e. The molecule has 1 fully saturated rings. The Morgan fingerprint density at radius 1 is 1.00 bits per heavy atom. The van der Waals surface area contributed by atoms with E-state index in [0.717, 1.165) is 13.0 Å². The Morgan fingerprint density at radius 2 is 1.57 bits per heavy atom. The predicted octanol–water partition coefficient (Wildman–Crippen LogP) is 4.49. The van der Waals surface area contributed by atoms with E-state index in [4.69, 9.17) is 0 Å². The van der Waals surface area contributed by atoms with Gasteiger partial charge in [0.15, 0.2) is 0 Å². The molecule has 0 spiro atoms. The van der Waals surface area contributed by atoms with Crippen molar-refractivity contribution >= 4 is 5.91 Å². The summed E-state index contributed by atoms with van der Waals surface area (Å²) in [6.45, 7) is 13.9. The van der Waals surface area contributed by atoms with E-state index in [2.05, 4.69) is 65.8 Å². The van der Waals surface area contributed by atoms with E-state index in [1.165, 1.54) is 11.1 Å². The third kappa shape index (κ3) is 3.66. The lowest BCUT2D eigenvalue weighted by Crippen LogP contribution is -2.49. The monoisotopic (exact) mass is 287 g/mol. The fraction of sp³-hybridized carbons (Fsp3) is 0.632. The number of rotatable bonds is 1. The Balaban J connectivity index is 2.10. The standard InChI is InChI=1S/C19H29NO/c1-18(2,3)16-9-7-14(8-10-16)15-11-12-20(17(21)13-15)19(4,5)6/h7-10,15H,11-13H2,1-6H3. The van der Waals surface area contributed by atoms with Crippen molar-refractivity contribution in [3.63, 3.8) is 0 Å². The summed E-state index contributed by atoms with van der Waals surface area (Å²) < 4.78 is 0. The van der Waals surface area contributed by atoms with E-state index in [1.54, 1.807) is 0 Å². The molecule has 1 aliphatic heterocycles. The van der Waals surface area contributed by atoms with Gasteiger partial charge in [-0.25, -0.2) is 0 Å². The van der Waals surface area contributed by atoms with Crippen LogP contribution in [0.1, 0.15) is 71.4 Å². The van der Waals surface area contributed by atoms with Gasteiger partial charge in [0.25, 0.3) is 0 Å². The summed E-state index contributed by atoms with van der Waals surface area (Å²) in [6.07, 6.45) is 1.71. The lowest BCUT2D eigenvalue weighted by molar-refractivity contribution is -0.139. The number of nitrogens with zero attached hydrogens (tertiary/aromatic N) is 1. The molecular formula is C19H29NO. The molecule has 21 heavy (non-hydrogen) atoms. The zero-order valence-corrected chi connectivity index (χ0v) is 14.4. The Bertz CT molecular complexity index is 502. The highest BCUT2D eigenvalue weighted by Gasteiger charge is 2.33. The third-order valence-corrected chi connectivity index (χ3v) is 4.48. The van der Waals surface area contributed by atoms with Crippen molar-refractivity contribution in [1.29, 1.82) is 0 Å². The molecule has 116 valence electrons. The summed E-state index contributed by atoms with van der Waals surface area (Å²) in [5, 5.41) is 0. The fourth-order valence-corrected chi connectivity index (χ4v) is 3.08. The first-order chi connectivity index (χ1) is 9.59. The quantitative estimate of drug-likeness (QED) is 0.745. The molecular weight excluding hydrogens is 258 g/mol. The van der Waals surface area contributed by atoms with Gasteiger partial charge in [0.1, 0.15) is 0 Å². The van der Waals surface area contributed by atoms with Crippen LogP contribution < -0.4 is 0 Å². The average Bonchev–Trinajstić information content (AvgIpc) is 2.36. The lowest BCUT2D eigenvalue weighted by atomic mass is 9.83. The number of piperidine rings is 1. The molecule has 1 amide bonds. The third-order valence-electron chi connectivity index (χ3n) is 4.48. The highest BCUT2D eigenvalue weighted by atomic mass is 16.2. The molecule has 1 saturated heterocycles. The average molecular weight is 287 g/mol. The Morgan fingerprint density at radius 3 is 2.00 bits per heavy atom. The second kappa shape index (κ2) is 5.47. The molecule has 1 unspecified atom stereocenters. The molecule has 1 aromatic carbocycles. The number of amides is 1. The molecule has 2 nitrogen and oxygen atoms in total. The zero-order chi connectivity index (χ0) is 15.8. The Kier molecular flexibility index (Phi) is 4.19.